The van der Waals surface area contributed by atoms with E-state index in [1.807, 2.05) is 54.6 Å². The number of carboxylic acids is 1. The topological polar surface area (TPSA) is 81.4 Å². The van der Waals surface area contributed by atoms with Crippen LogP contribution in [0.25, 0.3) is 12.3 Å². The summed E-state index contributed by atoms with van der Waals surface area (Å²) < 4.78 is 6.79. The zero-order valence-electron chi connectivity index (χ0n) is 16.4. The average molecular weight is 400 g/mol. The van der Waals surface area contributed by atoms with Crippen molar-refractivity contribution in [2.75, 3.05) is 7.11 Å². The number of carbonyl (C=O) groups excluding carboxylic acids is 1. The van der Waals surface area contributed by atoms with Gasteiger partial charge in [-0.25, -0.2) is 9.48 Å². The van der Waals surface area contributed by atoms with E-state index in [9.17, 15) is 14.7 Å². The number of aromatic carboxylic acids is 1. The Kier molecular flexibility index (Phi) is 5.06. The number of carbonyl (C=O) groups is 2. The molecule has 0 bridgehead atoms. The van der Waals surface area contributed by atoms with Crippen LogP contribution in [0.1, 0.15) is 32.9 Å². The molecule has 0 saturated heterocycles. The Morgan fingerprint density at radius 1 is 1.13 bits per heavy atom. The van der Waals surface area contributed by atoms with Crippen molar-refractivity contribution < 1.29 is 19.4 Å². The lowest BCUT2D eigenvalue weighted by Crippen LogP contribution is -2.31. The third-order valence-corrected chi connectivity index (χ3v) is 5.43. The number of ether oxygens (including phenoxy) is 1. The number of hydrogen-bond donors (Lipinski definition) is 1. The van der Waals surface area contributed by atoms with Gasteiger partial charge in [0, 0.05) is 23.6 Å². The SMILES string of the molecule is COc1ccc(C2(c3ccccc3)C=Cc3c(C(=O)O)nn(C=CC=O)c3C2)cc1. The van der Waals surface area contributed by atoms with Crippen LogP contribution >= 0.6 is 0 Å². The second kappa shape index (κ2) is 7.83. The van der Waals surface area contributed by atoms with E-state index >= 15 is 0 Å². The van der Waals surface area contributed by atoms with Gasteiger partial charge in [0.1, 0.15) is 12.0 Å². The predicted octanol–water partition coefficient (Wildman–Crippen LogP) is 3.82. The molecule has 2 aromatic carbocycles. The number of allylic oxidation sites excluding steroid dienone is 2. The minimum absolute atomic E-state index is 0.0341. The maximum absolute atomic E-state index is 11.7. The van der Waals surface area contributed by atoms with Crippen LogP contribution < -0.4 is 4.74 Å². The van der Waals surface area contributed by atoms with Gasteiger partial charge in [-0.05, 0) is 29.3 Å². The molecular weight excluding hydrogens is 380 g/mol. The summed E-state index contributed by atoms with van der Waals surface area (Å²) >= 11 is 0. The molecule has 0 spiro atoms. The number of methoxy groups -OCH3 is 1. The lowest BCUT2D eigenvalue weighted by Gasteiger charge is -2.35. The summed E-state index contributed by atoms with van der Waals surface area (Å²) in [6, 6.07) is 17.9. The Balaban J connectivity index is 1.93. The molecule has 0 saturated carbocycles. The Morgan fingerprint density at radius 3 is 2.47 bits per heavy atom. The van der Waals surface area contributed by atoms with Crippen molar-refractivity contribution in [1.82, 2.24) is 9.78 Å². The number of benzene rings is 2. The summed E-state index contributed by atoms with van der Waals surface area (Å²) in [6.07, 6.45) is 7.77. The van der Waals surface area contributed by atoms with E-state index in [1.165, 1.54) is 17.0 Å². The predicted molar refractivity (Wildman–Crippen MR) is 114 cm³/mol. The van der Waals surface area contributed by atoms with Crippen LogP contribution in [0.4, 0.5) is 0 Å². The van der Waals surface area contributed by atoms with Crippen LogP contribution in [0.2, 0.25) is 0 Å². The molecule has 1 unspecified atom stereocenters. The second-order valence-corrected chi connectivity index (χ2v) is 7.01. The van der Waals surface area contributed by atoms with E-state index in [0.717, 1.165) is 22.6 Å². The van der Waals surface area contributed by atoms with Crippen LogP contribution in [0.5, 0.6) is 5.75 Å². The first-order valence-corrected chi connectivity index (χ1v) is 9.45. The zero-order valence-corrected chi connectivity index (χ0v) is 16.4. The molecule has 3 aromatic rings. The van der Waals surface area contributed by atoms with Crippen molar-refractivity contribution in [1.29, 1.82) is 0 Å². The Bertz CT molecular complexity index is 1140. The molecule has 1 aliphatic rings. The van der Waals surface area contributed by atoms with Crippen LogP contribution in [0.15, 0.2) is 66.7 Å². The first kappa shape index (κ1) is 19.4. The molecule has 0 aliphatic heterocycles. The molecule has 1 N–H and O–H groups in total. The van der Waals surface area contributed by atoms with Gasteiger partial charge in [-0.1, -0.05) is 54.6 Å². The van der Waals surface area contributed by atoms with Crippen molar-refractivity contribution in [3.63, 3.8) is 0 Å². The summed E-state index contributed by atoms with van der Waals surface area (Å²) in [4.78, 5) is 22.6. The first-order valence-electron chi connectivity index (χ1n) is 9.45. The van der Waals surface area contributed by atoms with Crippen molar-refractivity contribution >= 4 is 24.5 Å². The molecule has 6 nitrogen and oxygen atoms in total. The van der Waals surface area contributed by atoms with E-state index in [2.05, 4.69) is 17.2 Å². The Morgan fingerprint density at radius 2 is 1.83 bits per heavy atom. The lowest BCUT2D eigenvalue weighted by molar-refractivity contribution is -0.104. The van der Waals surface area contributed by atoms with E-state index in [-0.39, 0.29) is 5.69 Å². The largest absolute Gasteiger partial charge is 0.497 e. The van der Waals surface area contributed by atoms with Crippen molar-refractivity contribution in [3.8, 4) is 5.75 Å². The lowest BCUT2D eigenvalue weighted by atomic mass is 9.68. The zero-order chi connectivity index (χ0) is 21.1. The van der Waals surface area contributed by atoms with Crippen molar-refractivity contribution in [2.45, 2.75) is 11.8 Å². The van der Waals surface area contributed by atoms with Crippen LogP contribution in [0.3, 0.4) is 0 Å². The smallest absolute Gasteiger partial charge is 0.357 e. The molecule has 0 fully saturated rings. The number of nitrogens with zero attached hydrogens (tertiary/aromatic N) is 2. The van der Waals surface area contributed by atoms with E-state index in [0.29, 0.717) is 18.3 Å². The average Bonchev–Trinajstić information content (AvgIpc) is 3.16. The molecular formula is C24H20N2O4. The highest BCUT2D eigenvalue weighted by molar-refractivity contribution is 5.91. The summed E-state index contributed by atoms with van der Waals surface area (Å²) in [5.41, 5.74) is 2.84. The number of aromatic nitrogens is 2. The monoisotopic (exact) mass is 400 g/mol. The fraction of sp³-hybridized carbons (Fsp3) is 0.125. The van der Waals surface area contributed by atoms with Gasteiger partial charge in [-0.2, -0.15) is 5.10 Å². The van der Waals surface area contributed by atoms with Gasteiger partial charge in [-0.3, -0.25) is 4.79 Å². The number of fused-ring (bicyclic) bond motifs is 1. The van der Waals surface area contributed by atoms with Gasteiger partial charge in [0.05, 0.1) is 12.8 Å². The molecule has 150 valence electrons. The molecule has 1 atom stereocenters. The fourth-order valence-electron chi connectivity index (χ4n) is 3.97. The second-order valence-electron chi connectivity index (χ2n) is 7.01. The standard InChI is InChI=1S/C24H20N2O4/c1-30-19-10-8-18(9-11-19)24(17-6-3-2-4-7-17)13-12-20-21(16-24)26(14-5-15-27)25-22(20)23(28)29/h2-15H,16H2,1H3,(H,28,29). The van der Waals surface area contributed by atoms with Crippen molar-refractivity contribution in [2.24, 2.45) is 0 Å². The highest BCUT2D eigenvalue weighted by Gasteiger charge is 2.38. The fourth-order valence-corrected chi connectivity index (χ4v) is 3.97. The quantitative estimate of drug-likeness (QED) is 0.503. The highest BCUT2D eigenvalue weighted by Crippen LogP contribution is 2.42. The number of aldehydes is 1. The van der Waals surface area contributed by atoms with Gasteiger partial charge in [0.15, 0.2) is 5.69 Å². The maximum atomic E-state index is 11.7. The summed E-state index contributed by atoms with van der Waals surface area (Å²) in [5, 5.41) is 13.8. The summed E-state index contributed by atoms with van der Waals surface area (Å²) in [7, 11) is 1.63. The normalized spacial score (nSPS) is 17.6. The number of rotatable bonds is 6. The molecule has 4 rings (SSSR count). The van der Waals surface area contributed by atoms with Gasteiger partial charge in [-0.15, -0.1) is 0 Å². The molecule has 30 heavy (non-hydrogen) atoms. The van der Waals surface area contributed by atoms with Crippen LogP contribution in [-0.2, 0) is 16.6 Å². The van der Waals surface area contributed by atoms with Gasteiger partial charge >= 0.3 is 5.97 Å². The Labute approximate surface area is 173 Å². The third-order valence-electron chi connectivity index (χ3n) is 5.43. The molecule has 0 amide bonds. The molecule has 1 heterocycles. The third kappa shape index (κ3) is 3.22. The van der Waals surface area contributed by atoms with Crippen molar-refractivity contribution in [3.05, 3.63) is 94.8 Å². The van der Waals surface area contributed by atoms with Crippen LogP contribution in [-0.4, -0.2) is 34.3 Å². The molecule has 0 radical (unpaired) electrons. The minimum atomic E-state index is -1.11. The first-order chi connectivity index (χ1) is 14.6. The van der Waals surface area contributed by atoms with E-state index in [4.69, 9.17) is 4.74 Å². The molecule has 6 heteroatoms. The van der Waals surface area contributed by atoms with Gasteiger partial charge < -0.3 is 9.84 Å². The number of carboxylic acid groups (broad SMARTS) is 1. The highest BCUT2D eigenvalue weighted by atomic mass is 16.5. The maximum Gasteiger partial charge on any atom is 0.357 e. The summed E-state index contributed by atoms with van der Waals surface area (Å²) in [6.45, 7) is 0. The van der Waals surface area contributed by atoms with E-state index in [1.54, 1.807) is 7.11 Å². The van der Waals surface area contributed by atoms with Gasteiger partial charge in [0.25, 0.3) is 0 Å². The Hall–Kier alpha value is -3.93. The van der Waals surface area contributed by atoms with E-state index < -0.39 is 11.4 Å². The minimum Gasteiger partial charge on any atom is -0.497 e. The van der Waals surface area contributed by atoms with Gasteiger partial charge in [0.2, 0.25) is 0 Å². The summed E-state index contributed by atoms with van der Waals surface area (Å²) in [5.74, 6) is -0.347. The number of hydrogen-bond acceptors (Lipinski definition) is 4. The molecule has 1 aliphatic carbocycles. The molecule has 1 aromatic heterocycles. The van der Waals surface area contributed by atoms with Crippen LogP contribution in [0, 0.1) is 0 Å².